The number of rotatable bonds is 8. The Morgan fingerprint density at radius 2 is 1.71 bits per heavy atom. The topological polar surface area (TPSA) is 102 Å². The number of amides is 1. The van der Waals surface area contributed by atoms with Crippen LogP contribution in [0.15, 0.2) is 23.1 Å². The molecular formula is C27H31Cl2F3N6O4. The fourth-order valence-corrected chi connectivity index (χ4v) is 5.51. The largest absolute Gasteiger partial charge is 0.495 e. The van der Waals surface area contributed by atoms with Crippen molar-refractivity contribution < 1.29 is 27.4 Å². The fourth-order valence-electron chi connectivity index (χ4n) is 4.81. The van der Waals surface area contributed by atoms with Gasteiger partial charge in [0.1, 0.15) is 17.1 Å². The maximum absolute atomic E-state index is 14.1. The zero-order valence-electron chi connectivity index (χ0n) is 23.9. The van der Waals surface area contributed by atoms with E-state index in [1.165, 1.54) is 37.1 Å². The molecule has 10 nitrogen and oxygen atoms in total. The average molecular weight is 631 g/mol. The van der Waals surface area contributed by atoms with Gasteiger partial charge in [-0.2, -0.15) is 18.2 Å². The highest BCUT2D eigenvalue weighted by Crippen LogP contribution is 2.45. The third-order valence-corrected chi connectivity index (χ3v) is 7.96. The molecule has 0 saturated carbocycles. The highest BCUT2D eigenvalue weighted by Gasteiger charge is 2.48. The number of carbonyl (C=O) groups is 1. The number of aromatic nitrogens is 3. The summed E-state index contributed by atoms with van der Waals surface area (Å²) >= 11 is 13.2. The number of ether oxygens (including phenoxy) is 2. The minimum Gasteiger partial charge on any atom is -0.495 e. The second-order valence-corrected chi connectivity index (χ2v) is 11.5. The Kier molecular flexibility index (Phi) is 8.87. The number of benzene rings is 1. The number of nitrogens with one attached hydrogen (secondary N) is 1. The van der Waals surface area contributed by atoms with Gasteiger partial charge in [0.15, 0.2) is 0 Å². The molecule has 4 rings (SSSR count). The summed E-state index contributed by atoms with van der Waals surface area (Å²) in [5, 5.41) is 3.23. The molecule has 0 bridgehead atoms. The Bertz CT molecular complexity index is 1540. The summed E-state index contributed by atoms with van der Waals surface area (Å²) in [7, 11) is 4.36. The molecule has 3 heterocycles. The van der Waals surface area contributed by atoms with Crippen LogP contribution in [0.2, 0.25) is 10.0 Å². The smallest absolute Gasteiger partial charge is 0.471 e. The molecule has 228 valence electrons. The number of alkyl halides is 3. The zero-order chi connectivity index (χ0) is 31.1. The molecule has 1 N–H and O–H groups in total. The monoisotopic (exact) mass is 630 g/mol. The first-order chi connectivity index (χ1) is 19.6. The van der Waals surface area contributed by atoms with Crippen molar-refractivity contribution in [3.05, 3.63) is 38.7 Å². The highest BCUT2D eigenvalue weighted by atomic mass is 35.5. The van der Waals surface area contributed by atoms with Crippen LogP contribution in [0.5, 0.6) is 11.5 Å². The van der Waals surface area contributed by atoms with Crippen LogP contribution in [0.4, 0.5) is 19.1 Å². The number of fused-ring (bicyclic) bond motifs is 1. The molecule has 0 atom stereocenters. The van der Waals surface area contributed by atoms with E-state index >= 15 is 0 Å². The lowest BCUT2D eigenvalue weighted by Crippen LogP contribution is -2.67. The van der Waals surface area contributed by atoms with Crippen molar-refractivity contribution in [1.82, 2.24) is 24.3 Å². The molecule has 0 aliphatic carbocycles. The lowest BCUT2D eigenvalue weighted by molar-refractivity contribution is -0.192. The van der Waals surface area contributed by atoms with Gasteiger partial charge in [-0.1, -0.05) is 23.2 Å². The van der Waals surface area contributed by atoms with Gasteiger partial charge in [0.25, 0.3) is 5.56 Å². The summed E-state index contributed by atoms with van der Waals surface area (Å²) in [5.74, 6) is -1.40. The van der Waals surface area contributed by atoms with Gasteiger partial charge >= 0.3 is 12.1 Å². The number of hydrogen-bond donors (Lipinski definition) is 1. The maximum Gasteiger partial charge on any atom is 0.471 e. The molecule has 2 aromatic heterocycles. The minimum atomic E-state index is -5.09. The molecule has 1 amide bonds. The molecule has 1 aromatic carbocycles. The van der Waals surface area contributed by atoms with Crippen LogP contribution in [0, 0.1) is 0 Å². The summed E-state index contributed by atoms with van der Waals surface area (Å²) in [5.41, 5.74) is -0.647. The Morgan fingerprint density at radius 1 is 1.12 bits per heavy atom. The first kappa shape index (κ1) is 31.6. The lowest BCUT2D eigenvalue weighted by atomic mass is 9.96. The Labute approximate surface area is 250 Å². The van der Waals surface area contributed by atoms with Crippen molar-refractivity contribution in [1.29, 1.82) is 0 Å². The third-order valence-electron chi connectivity index (χ3n) is 7.21. The van der Waals surface area contributed by atoms with Gasteiger partial charge < -0.3 is 19.7 Å². The van der Waals surface area contributed by atoms with E-state index in [1.807, 2.05) is 25.7 Å². The molecule has 0 spiro atoms. The van der Waals surface area contributed by atoms with E-state index in [-0.39, 0.29) is 69.4 Å². The van der Waals surface area contributed by atoms with Crippen LogP contribution in [-0.4, -0.2) is 88.9 Å². The van der Waals surface area contributed by atoms with Crippen LogP contribution in [0.1, 0.15) is 20.8 Å². The standard InChI is InChI=1S/C27H31Cl2F3N6O4/c1-26(2,3)36-12-15(13-36)37(24(40)27(30,31)32)7-8-38-22-14(11-34-25(33-4)35-22)9-16(23(38)39)19-20(28)17(41-5)10-18(42-6)21(19)29/h9-11,15H,7-8,12-13H2,1-6H3,(H,33,34,35). The van der Waals surface area contributed by atoms with Crippen LogP contribution in [-0.2, 0) is 11.3 Å². The van der Waals surface area contributed by atoms with Gasteiger partial charge in [0, 0.05) is 62.0 Å². The fraction of sp³-hybridized carbons (Fsp3) is 0.481. The summed E-state index contributed by atoms with van der Waals surface area (Å²) < 4.78 is 52.9. The molecule has 3 aromatic rings. The van der Waals surface area contributed by atoms with Crippen molar-refractivity contribution in [2.45, 2.75) is 45.1 Å². The summed E-state index contributed by atoms with van der Waals surface area (Å²) in [6.07, 6.45) is -3.63. The van der Waals surface area contributed by atoms with E-state index in [4.69, 9.17) is 32.7 Å². The molecule has 0 unspecified atom stereocenters. The van der Waals surface area contributed by atoms with Crippen molar-refractivity contribution in [3.63, 3.8) is 0 Å². The normalized spacial score (nSPS) is 14.5. The zero-order valence-corrected chi connectivity index (χ0v) is 25.4. The van der Waals surface area contributed by atoms with Crippen molar-refractivity contribution in [2.75, 3.05) is 46.2 Å². The molecule has 15 heteroatoms. The molecular weight excluding hydrogens is 600 g/mol. The highest BCUT2D eigenvalue weighted by molar-refractivity contribution is 6.41. The Morgan fingerprint density at radius 3 is 2.21 bits per heavy atom. The second-order valence-electron chi connectivity index (χ2n) is 10.7. The first-order valence-electron chi connectivity index (χ1n) is 12.9. The predicted octanol–water partition coefficient (Wildman–Crippen LogP) is 4.70. The van der Waals surface area contributed by atoms with E-state index in [1.54, 1.807) is 7.05 Å². The molecule has 0 radical (unpaired) electrons. The summed E-state index contributed by atoms with van der Waals surface area (Å²) in [6.45, 7) is 5.66. The van der Waals surface area contributed by atoms with Crippen molar-refractivity contribution in [2.24, 2.45) is 0 Å². The molecule has 1 aliphatic rings. The van der Waals surface area contributed by atoms with Gasteiger partial charge in [-0.25, -0.2) is 4.98 Å². The number of carbonyl (C=O) groups excluding carboxylic acids is 1. The van der Waals surface area contributed by atoms with Gasteiger partial charge in [0.05, 0.1) is 35.9 Å². The van der Waals surface area contributed by atoms with Crippen LogP contribution < -0.4 is 20.3 Å². The van der Waals surface area contributed by atoms with Gasteiger partial charge in [-0.05, 0) is 26.8 Å². The lowest BCUT2D eigenvalue weighted by Gasteiger charge is -2.51. The van der Waals surface area contributed by atoms with E-state index in [0.717, 1.165) is 4.90 Å². The van der Waals surface area contributed by atoms with Gasteiger partial charge in [-0.3, -0.25) is 19.1 Å². The van der Waals surface area contributed by atoms with E-state index in [9.17, 15) is 22.8 Å². The van der Waals surface area contributed by atoms with E-state index in [2.05, 4.69) is 15.3 Å². The second kappa shape index (κ2) is 11.8. The number of anilines is 1. The van der Waals surface area contributed by atoms with Gasteiger partial charge in [0.2, 0.25) is 5.95 Å². The molecule has 1 fully saturated rings. The first-order valence-corrected chi connectivity index (χ1v) is 13.7. The number of halogens is 5. The maximum atomic E-state index is 14.1. The number of hydrogen-bond acceptors (Lipinski definition) is 8. The number of likely N-dealkylation sites (tertiary alicyclic amines) is 1. The molecule has 1 aliphatic heterocycles. The Hall–Kier alpha value is -3.29. The van der Waals surface area contributed by atoms with E-state index < -0.39 is 30.2 Å². The number of methoxy groups -OCH3 is 2. The SMILES string of the molecule is CNc1ncc2cc(-c3c(Cl)c(OC)cc(OC)c3Cl)c(=O)n(CCN(C(=O)C(F)(F)F)C3CN(C(C)(C)C)C3)c2n1. The Balaban J connectivity index is 1.85. The quantitative estimate of drug-likeness (QED) is 0.382. The molecule has 42 heavy (non-hydrogen) atoms. The minimum absolute atomic E-state index is 0.0201. The molecule has 1 saturated heterocycles. The van der Waals surface area contributed by atoms with Crippen molar-refractivity contribution >= 4 is 46.1 Å². The average Bonchev–Trinajstić information content (AvgIpc) is 2.89. The third kappa shape index (κ3) is 5.95. The van der Waals surface area contributed by atoms with Crippen LogP contribution in [0.3, 0.4) is 0 Å². The summed E-state index contributed by atoms with van der Waals surface area (Å²) in [4.78, 5) is 37.9. The number of pyridine rings is 1. The van der Waals surface area contributed by atoms with Gasteiger partial charge in [-0.15, -0.1) is 0 Å². The summed E-state index contributed by atoms with van der Waals surface area (Å²) in [6, 6.07) is 2.28. The van der Waals surface area contributed by atoms with Crippen molar-refractivity contribution in [3.8, 4) is 22.6 Å². The number of nitrogens with zero attached hydrogens (tertiary/aromatic N) is 5. The van der Waals surface area contributed by atoms with Crippen LogP contribution in [0.25, 0.3) is 22.2 Å². The van der Waals surface area contributed by atoms with E-state index in [0.29, 0.717) is 5.39 Å². The predicted molar refractivity (Wildman–Crippen MR) is 155 cm³/mol. The van der Waals surface area contributed by atoms with Crippen LogP contribution >= 0.6 is 23.2 Å².